The van der Waals surface area contributed by atoms with E-state index >= 15 is 0 Å². The van der Waals surface area contributed by atoms with Crippen molar-refractivity contribution in [2.24, 2.45) is 17.3 Å². The molecule has 0 aliphatic heterocycles. The summed E-state index contributed by atoms with van der Waals surface area (Å²) in [5.41, 5.74) is 0.420. The predicted octanol–water partition coefficient (Wildman–Crippen LogP) is 3.30. The summed E-state index contributed by atoms with van der Waals surface area (Å²) in [5, 5.41) is 3.47. The average molecular weight is 185 g/mol. The zero-order valence-electron chi connectivity index (χ0n) is 10.4. The molecule has 80 valence electrons. The van der Waals surface area contributed by atoms with Gasteiger partial charge in [0.25, 0.3) is 0 Å². The standard InChI is InChI=1S/C12H27N/c1-8-12(6,10(4)5)11(13-7)9(2)3/h9-11,13H,8H2,1-7H3. The first-order chi connectivity index (χ1) is 5.90. The van der Waals surface area contributed by atoms with Crippen LogP contribution >= 0.6 is 0 Å². The van der Waals surface area contributed by atoms with Crippen molar-refractivity contribution >= 4 is 0 Å². The van der Waals surface area contributed by atoms with E-state index in [0.717, 1.165) is 5.92 Å². The molecule has 0 amide bonds. The Kier molecular flexibility index (Phi) is 4.98. The summed E-state index contributed by atoms with van der Waals surface area (Å²) in [6, 6.07) is 0.623. The molecule has 2 atom stereocenters. The zero-order chi connectivity index (χ0) is 10.6. The molecule has 1 nitrogen and oxygen atoms in total. The summed E-state index contributed by atoms with van der Waals surface area (Å²) in [5.74, 6) is 1.44. The minimum absolute atomic E-state index is 0.420. The monoisotopic (exact) mass is 185 g/mol. The fraction of sp³-hybridized carbons (Fsp3) is 1.00. The summed E-state index contributed by atoms with van der Waals surface area (Å²) in [6.45, 7) is 14.0. The maximum Gasteiger partial charge on any atom is 0.0143 e. The topological polar surface area (TPSA) is 12.0 Å². The van der Waals surface area contributed by atoms with Gasteiger partial charge in [-0.2, -0.15) is 0 Å². The lowest BCUT2D eigenvalue weighted by Crippen LogP contribution is -2.48. The van der Waals surface area contributed by atoms with Crippen LogP contribution in [0.15, 0.2) is 0 Å². The van der Waals surface area contributed by atoms with Gasteiger partial charge in [-0.15, -0.1) is 0 Å². The predicted molar refractivity (Wildman–Crippen MR) is 60.9 cm³/mol. The van der Waals surface area contributed by atoms with Gasteiger partial charge < -0.3 is 5.32 Å². The number of hydrogen-bond donors (Lipinski definition) is 1. The first-order valence-electron chi connectivity index (χ1n) is 5.57. The molecule has 13 heavy (non-hydrogen) atoms. The van der Waals surface area contributed by atoms with Gasteiger partial charge in [0.1, 0.15) is 0 Å². The normalized spacial score (nSPS) is 19.2. The van der Waals surface area contributed by atoms with Crippen LogP contribution in [0.2, 0.25) is 0 Å². The van der Waals surface area contributed by atoms with Crippen molar-refractivity contribution in [1.29, 1.82) is 0 Å². The second kappa shape index (κ2) is 4.99. The van der Waals surface area contributed by atoms with E-state index < -0.39 is 0 Å². The molecule has 0 radical (unpaired) electrons. The van der Waals surface area contributed by atoms with Crippen molar-refractivity contribution in [1.82, 2.24) is 5.32 Å². The fourth-order valence-electron chi connectivity index (χ4n) is 2.41. The van der Waals surface area contributed by atoms with Crippen LogP contribution in [0.25, 0.3) is 0 Å². The molecule has 1 heteroatoms. The van der Waals surface area contributed by atoms with E-state index in [9.17, 15) is 0 Å². The Balaban J connectivity index is 4.69. The van der Waals surface area contributed by atoms with Gasteiger partial charge in [0.15, 0.2) is 0 Å². The Labute approximate surface area is 84.3 Å². The molecule has 0 heterocycles. The molecule has 0 aromatic carbocycles. The quantitative estimate of drug-likeness (QED) is 0.693. The molecule has 0 aromatic rings. The number of hydrogen-bond acceptors (Lipinski definition) is 1. The highest BCUT2D eigenvalue weighted by molar-refractivity contribution is 4.90. The van der Waals surface area contributed by atoms with Crippen LogP contribution in [0.4, 0.5) is 0 Å². The second-order valence-corrected chi connectivity index (χ2v) is 5.02. The Morgan fingerprint density at radius 1 is 1.15 bits per heavy atom. The lowest BCUT2D eigenvalue weighted by molar-refractivity contribution is 0.108. The summed E-state index contributed by atoms with van der Waals surface area (Å²) in [4.78, 5) is 0. The van der Waals surface area contributed by atoms with E-state index in [1.165, 1.54) is 6.42 Å². The fourth-order valence-corrected chi connectivity index (χ4v) is 2.41. The van der Waals surface area contributed by atoms with Gasteiger partial charge >= 0.3 is 0 Å². The Morgan fingerprint density at radius 2 is 1.62 bits per heavy atom. The maximum atomic E-state index is 3.47. The van der Waals surface area contributed by atoms with Crippen molar-refractivity contribution in [3.05, 3.63) is 0 Å². The van der Waals surface area contributed by atoms with Gasteiger partial charge in [-0.05, 0) is 30.7 Å². The molecule has 0 aliphatic carbocycles. The van der Waals surface area contributed by atoms with Crippen LogP contribution in [-0.4, -0.2) is 13.1 Å². The van der Waals surface area contributed by atoms with Gasteiger partial charge in [0.2, 0.25) is 0 Å². The lowest BCUT2D eigenvalue weighted by Gasteiger charge is -2.43. The molecule has 0 bridgehead atoms. The lowest BCUT2D eigenvalue weighted by atomic mass is 9.68. The van der Waals surface area contributed by atoms with E-state index in [1.54, 1.807) is 0 Å². The molecule has 0 rings (SSSR count). The molecule has 1 N–H and O–H groups in total. The van der Waals surface area contributed by atoms with Gasteiger partial charge in [0, 0.05) is 6.04 Å². The van der Waals surface area contributed by atoms with Gasteiger partial charge in [-0.3, -0.25) is 0 Å². The third-order valence-electron chi connectivity index (χ3n) is 3.77. The van der Waals surface area contributed by atoms with Crippen molar-refractivity contribution in [2.75, 3.05) is 7.05 Å². The molecule has 0 spiro atoms. The Bertz CT molecular complexity index is 140. The van der Waals surface area contributed by atoms with E-state index in [2.05, 4.69) is 53.9 Å². The summed E-state index contributed by atoms with van der Waals surface area (Å²) < 4.78 is 0. The highest BCUT2D eigenvalue weighted by Crippen LogP contribution is 2.37. The van der Waals surface area contributed by atoms with Crippen molar-refractivity contribution < 1.29 is 0 Å². The average Bonchev–Trinajstić information content (AvgIpc) is 2.04. The smallest absolute Gasteiger partial charge is 0.0143 e. The van der Waals surface area contributed by atoms with Crippen LogP contribution in [0, 0.1) is 17.3 Å². The summed E-state index contributed by atoms with van der Waals surface area (Å²) >= 11 is 0. The van der Waals surface area contributed by atoms with Crippen LogP contribution in [0.3, 0.4) is 0 Å². The van der Waals surface area contributed by atoms with Crippen molar-refractivity contribution in [3.8, 4) is 0 Å². The first-order valence-corrected chi connectivity index (χ1v) is 5.57. The molecule has 0 fully saturated rings. The van der Waals surface area contributed by atoms with Crippen LogP contribution in [-0.2, 0) is 0 Å². The van der Waals surface area contributed by atoms with Crippen LogP contribution in [0.5, 0.6) is 0 Å². The van der Waals surface area contributed by atoms with Crippen LogP contribution < -0.4 is 5.32 Å². The third-order valence-corrected chi connectivity index (χ3v) is 3.77. The Morgan fingerprint density at radius 3 is 1.69 bits per heavy atom. The van der Waals surface area contributed by atoms with E-state index in [0.29, 0.717) is 17.4 Å². The van der Waals surface area contributed by atoms with E-state index in [-0.39, 0.29) is 0 Å². The molecular formula is C12H27N. The van der Waals surface area contributed by atoms with Gasteiger partial charge in [-0.25, -0.2) is 0 Å². The van der Waals surface area contributed by atoms with Crippen LogP contribution in [0.1, 0.15) is 48.0 Å². The molecule has 0 aliphatic rings. The number of rotatable bonds is 5. The third kappa shape index (κ3) is 2.70. The van der Waals surface area contributed by atoms with E-state index in [4.69, 9.17) is 0 Å². The first kappa shape index (κ1) is 13.0. The highest BCUT2D eigenvalue weighted by atomic mass is 14.9. The largest absolute Gasteiger partial charge is 0.316 e. The summed E-state index contributed by atoms with van der Waals surface area (Å²) in [6.07, 6.45) is 1.24. The van der Waals surface area contributed by atoms with Gasteiger partial charge in [0.05, 0.1) is 0 Å². The highest BCUT2D eigenvalue weighted by Gasteiger charge is 2.36. The summed E-state index contributed by atoms with van der Waals surface area (Å²) in [7, 11) is 2.08. The molecule has 0 aromatic heterocycles. The van der Waals surface area contributed by atoms with E-state index in [1.807, 2.05) is 0 Å². The molecule has 2 unspecified atom stereocenters. The van der Waals surface area contributed by atoms with Crippen molar-refractivity contribution in [2.45, 2.75) is 54.0 Å². The molecule has 0 saturated heterocycles. The second-order valence-electron chi connectivity index (χ2n) is 5.02. The molecule has 0 saturated carbocycles. The van der Waals surface area contributed by atoms with Crippen molar-refractivity contribution in [3.63, 3.8) is 0 Å². The minimum Gasteiger partial charge on any atom is -0.316 e. The maximum absolute atomic E-state index is 3.47. The Hall–Kier alpha value is -0.0400. The zero-order valence-corrected chi connectivity index (χ0v) is 10.4. The molecular weight excluding hydrogens is 158 g/mol. The SMILES string of the molecule is CCC(C)(C(C)C)C(NC)C(C)C. The minimum atomic E-state index is 0.420. The van der Waals surface area contributed by atoms with Gasteiger partial charge in [-0.1, -0.05) is 41.5 Å². The number of nitrogens with one attached hydrogen (secondary N) is 1.